The molecule has 5 atom stereocenters. The van der Waals surface area contributed by atoms with E-state index in [1.807, 2.05) is 0 Å². The fourth-order valence-electron chi connectivity index (χ4n) is 4.26. The molecule has 0 bridgehead atoms. The Morgan fingerprint density at radius 1 is 1.25 bits per heavy atom. The van der Waals surface area contributed by atoms with Gasteiger partial charge < -0.3 is 10.4 Å². The van der Waals surface area contributed by atoms with E-state index in [4.69, 9.17) is 0 Å². The lowest BCUT2D eigenvalue weighted by Gasteiger charge is -2.29. The number of rotatable bonds is 4. The summed E-state index contributed by atoms with van der Waals surface area (Å²) in [5.41, 5.74) is 2.40. The summed E-state index contributed by atoms with van der Waals surface area (Å²) in [6, 6.07) is 8.97. The molecule has 2 nitrogen and oxygen atoms in total. The number of benzene rings is 1. The maximum absolute atomic E-state index is 10.7. The highest BCUT2D eigenvalue weighted by Gasteiger charge is 2.42. The minimum Gasteiger partial charge on any atom is -0.388 e. The van der Waals surface area contributed by atoms with Gasteiger partial charge in [-0.3, -0.25) is 0 Å². The number of aliphatic hydroxyl groups is 1. The van der Waals surface area contributed by atoms with Crippen molar-refractivity contribution in [2.24, 2.45) is 17.8 Å². The lowest BCUT2D eigenvalue weighted by molar-refractivity contribution is 0.0861. The van der Waals surface area contributed by atoms with Gasteiger partial charge in [-0.1, -0.05) is 44.5 Å². The Kier molecular flexibility index (Phi) is 4.13. The zero-order valence-electron chi connectivity index (χ0n) is 12.7. The standard InChI is InChI=1S/C18H27NO/c1-3-13-7-9-14(10-8-13)18(20)12(2)17-16-6-4-5-15(16)11-19-17/h7-10,12,15-20H,3-6,11H2,1-2H3. The highest BCUT2D eigenvalue weighted by atomic mass is 16.3. The number of aryl methyl sites for hydroxylation is 1. The number of nitrogens with one attached hydrogen (secondary N) is 1. The van der Waals surface area contributed by atoms with Crippen LogP contribution in [0.15, 0.2) is 24.3 Å². The molecule has 2 aliphatic rings. The van der Waals surface area contributed by atoms with Crippen LogP contribution in [0.1, 0.15) is 50.3 Å². The van der Waals surface area contributed by atoms with Crippen LogP contribution in [0.25, 0.3) is 0 Å². The Labute approximate surface area is 122 Å². The average Bonchev–Trinajstić information content (AvgIpc) is 3.08. The Hall–Kier alpha value is -0.860. The quantitative estimate of drug-likeness (QED) is 0.882. The highest BCUT2D eigenvalue weighted by Crippen LogP contribution is 2.42. The van der Waals surface area contributed by atoms with Crippen molar-refractivity contribution in [1.29, 1.82) is 0 Å². The lowest BCUT2D eigenvalue weighted by atomic mass is 9.82. The van der Waals surface area contributed by atoms with Crippen molar-refractivity contribution in [3.8, 4) is 0 Å². The largest absolute Gasteiger partial charge is 0.388 e. The molecule has 0 radical (unpaired) electrons. The predicted molar refractivity (Wildman–Crippen MR) is 82.6 cm³/mol. The van der Waals surface area contributed by atoms with Gasteiger partial charge in [0.25, 0.3) is 0 Å². The van der Waals surface area contributed by atoms with E-state index in [1.165, 1.54) is 24.8 Å². The van der Waals surface area contributed by atoms with Crippen molar-refractivity contribution in [3.63, 3.8) is 0 Å². The van der Waals surface area contributed by atoms with Crippen LogP contribution in [0.5, 0.6) is 0 Å². The van der Waals surface area contributed by atoms with E-state index in [9.17, 15) is 5.11 Å². The van der Waals surface area contributed by atoms with Crippen LogP contribution in [0.2, 0.25) is 0 Å². The van der Waals surface area contributed by atoms with E-state index in [1.54, 1.807) is 0 Å². The zero-order valence-corrected chi connectivity index (χ0v) is 12.7. The van der Waals surface area contributed by atoms with Crippen LogP contribution >= 0.6 is 0 Å². The first kappa shape index (κ1) is 14.1. The SMILES string of the molecule is CCc1ccc(C(O)C(C)C2NCC3CCCC32)cc1. The Morgan fingerprint density at radius 3 is 2.70 bits per heavy atom. The summed E-state index contributed by atoms with van der Waals surface area (Å²) in [5.74, 6) is 1.93. The minimum absolute atomic E-state index is 0.288. The highest BCUT2D eigenvalue weighted by molar-refractivity contribution is 5.25. The van der Waals surface area contributed by atoms with Gasteiger partial charge in [0.05, 0.1) is 6.10 Å². The third-order valence-corrected chi connectivity index (χ3v) is 5.59. The number of fused-ring (bicyclic) bond motifs is 1. The molecule has 1 aromatic carbocycles. The second kappa shape index (κ2) is 5.87. The summed E-state index contributed by atoms with van der Waals surface area (Å²) >= 11 is 0. The normalized spacial score (nSPS) is 32.0. The molecule has 20 heavy (non-hydrogen) atoms. The van der Waals surface area contributed by atoms with Gasteiger partial charge in [-0.15, -0.1) is 0 Å². The van der Waals surface area contributed by atoms with Gasteiger partial charge in [0.2, 0.25) is 0 Å². The first-order valence-corrected chi connectivity index (χ1v) is 8.21. The zero-order chi connectivity index (χ0) is 14.1. The molecule has 0 aromatic heterocycles. The Balaban J connectivity index is 1.70. The fraction of sp³-hybridized carbons (Fsp3) is 0.667. The molecule has 1 aromatic rings. The first-order chi connectivity index (χ1) is 9.70. The number of aliphatic hydroxyl groups excluding tert-OH is 1. The molecule has 5 unspecified atom stereocenters. The Bertz CT molecular complexity index is 441. The van der Waals surface area contributed by atoms with E-state index < -0.39 is 0 Å². The summed E-state index contributed by atoms with van der Waals surface area (Å²) < 4.78 is 0. The topological polar surface area (TPSA) is 32.3 Å². The van der Waals surface area contributed by atoms with Crippen molar-refractivity contribution < 1.29 is 5.11 Å². The maximum Gasteiger partial charge on any atom is 0.0830 e. The van der Waals surface area contributed by atoms with Crippen LogP contribution in [0.4, 0.5) is 0 Å². The molecule has 2 fully saturated rings. The summed E-state index contributed by atoms with van der Waals surface area (Å²) in [6.07, 6.45) is 4.80. The van der Waals surface area contributed by atoms with Gasteiger partial charge in [-0.2, -0.15) is 0 Å². The third-order valence-electron chi connectivity index (χ3n) is 5.59. The minimum atomic E-state index is -0.349. The summed E-state index contributed by atoms with van der Waals surface area (Å²) in [5, 5.41) is 14.4. The molecule has 3 rings (SSSR count). The van der Waals surface area contributed by atoms with E-state index in [0.717, 1.165) is 30.4 Å². The summed E-state index contributed by atoms with van der Waals surface area (Å²) in [7, 11) is 0. The molecule has 1 aliphatic heterocycles. The van der Waals surface area contributed by atoms with E-state index in [-0.39, 0.29) is 12.0 Å². The molecule has 1 aliphatic carbocycles. The van der Waals surface area contributed by atoms with Crippen LogP contribution in [-0.4, -0.2) is 17.7 Å². The molecule has 0 spiro atoms. The smallest absolute Gasteiger partial charge is 0.0830 e. The molecule has 0 amide bonds. The predicted octanol–water partition coefficient (Wildman–Crippen LogP) is 3.31. The number of hydrogen-bond donors (Lipinski definition) is 2. The van der Waals surface area contributed by atoms with E-state index >= 15 is 0 Å². The lowest BCUT2D eigenvalue weighted by Crippen LogP contribution is -2.36. The molecule has 1 saturated carbocycles. The van der Waals surface area contributed by atoms with Crippen molar-refractivity contribution in [2.45, 2.75) is 51.7 Å². The number of hydrogen-bond acceptors (Lipinski definition) is 2. The van der Waals surface area contributed by atoms with Crippen molar-refractivity contribution in [3.05, 3.63) is 35.4 Å². The average molecular weight is 273 g/mol. The van der Waals surface area contributed by atoms with Crippen LogP contribution in [0.3, 0.4) is 0 Å². The van der Waals surface area contributed by atoms with Crippen LogP contribution in [-0.2, 0) is 6.42 Å². The summed E-state index contributed by atoms with van der Waals surface area (Å²) in [4.78, 5) is 0. The monoisotopic (exact) mass is 273 g/mol. The maximum atomic E-state index is 10.7. The van der Waals surface area contributed by atoms with Crippen molar-refractivity contribution in [2.75, 3.05) is 6.54 Å². The van der Waals surface area contributed by atoms with Gasteiger partial charge in [-0.25, -0.2) is 0 Å². The van der Waals surface area contributed by atoms with E-state index in [2.05, 4.69) is 43.4 Å². The van der Waals surface area contributed by atoms with Crippen LogP contribution in [0, 0.1) is 17.8 Å². The van der Waals surface area contributed by atoms with E-state index in [0.29, 0.717) is 6.04 Å². The van der Waals surface area contributed by atoms with Gasteiger partial charge in [0, 0.05) is 12.0 Å². The second-order valence-electron chi connectivity index (χ2n) is 6.69. The first-order valence-electron chi connectivity index (χ1n) is 8.21. The molecule has 1 heterocycles. The van der Waals surface area contributed by atoms with Gasteiger partial charge >= 0.3 is 0 Å². The van der Waals surface area contributed by atoms with Crippen molar-refractivity contribution >= 4 is 0 Å². The molecule has 110 valence electrons. The fourth-order valence-corrected chi connectivity index (χ4v) is 4.26. The van der Waals surface area contributed by atoms with Gasteiger partial charge in [-0.05, 0) is 48.8 Å². The third kappa shape index (κ3) is 2.51. The Morgan fingerprint density at radius 2 is 2.00 bits per heavy atom. The van der Waals surface area contributed by atoms with Crippen molar-refractivity contribution in [1.82, 2.24) is 5.32 Å². The molecular formula is C18H27NO. The molecule has 2 N–H and O–H groups in total. The molecular weight excluding hydrogens is 246 g/mol. The molecule has 1 saturated heterocycles. The summed E-state index contributed by atoms with van der Waals surface area (Å²) in [6.45, 7) is 5.52. The van der Waals surface area contributed by atoms with Gasteiger partial charge in [0.1, 0.15) is 0 Å². The second-order valence-corrected chi connectivity index (χ2v) is 6.69. The molecule has 2 heteroatoms. The van der Waals surface area contributed by atoms with Crippen LogP contribution < -0.4 is 5.32 Å². The van der Waals surface area contributed by atoms with Gasteiger partial charge in [0.15, 0.2) is 0 Å².